The lowest BCUT2D eigenvalue weighted by Gasteiger charge is -2.37. The Hall–Kier alpha value is -1.96. The van der Waals surface area contributed by atoms with E-state index in [9.17, 15) is 0 Å². The molecule has 3 rings (SSSR count). The summed E-state index contributed by atoms with van der Waals surface area (Å²) in [5.41, 5.74) is 6.72. The van der Waals surface area contributed by atoms with Crippen LogP contribution in [-0.4, -0.2) is 12.6 Å². The molecule has 0 saturated heterocycles. The molecule has 1 aliphatic rings. The van der Waals surface area contributed by atoms with E-state index in [0.717, 1.165) is 19.5 Å². The molecule has 1 atom stereocenters. The van der Waals surface area contributed by atoms with Gasteiger partial charge < -0.3 is 10.2 Å². The summed E-state index contributed by atoms with van der Waals surface area (Å²) in [6.45, 7) is 8.69. The first-order valence-electron chi connectivity index (χ1n) is 7.84. The summed E-state index contributed by atoms with van der Waals surface area (Å²) in [5, 5.41) is 3.69. The summed E-state index contributed by atoms with van der Waals surface area (Å²) >= 11 is 0. The molecule has 0 amide bonds. The van der Waals surface area contributed by atoms with Crippen molar-refractivity contribution in [2.75, 3.05) is 16.8 Å². The molecule has 1 aliphatic heterocycles. The lowest BCUT2D eigenvalue weighted by molar-refractivity contribution is 0.630. The predicted octanol–water partition coefficient (Wildman–Crippen LogP) is 4.51. The van der Waals surface area contributed by atoms with E-state index >= 15 is 0 Å². The first kappa shape index (κ1) is 14.0. The van der Waals surface area contributed by atoms with E-state index in [1.807, 2.05) is 0 Å². The highest BCUT2D eigenvalue weighted by Gasteiger charge is 2.23. The van der Waals surface area contributed by atoms with Gasteiger partial charge in [0, 0.05) is 19.1 Å². The van der Waals surface area contributed by atoms with Crippen molar-refractivity contribution in [2.45, 2.75) is 39.8 Å². The second kappa shape index (κ2) is 5.80. The smallest absolute Gasteiger partial charge is 0.0608 e. The second-order valence-corrected chi connectivity index (χ2v) is 6.07. The molecule has 1 N–H and O–H groups in total. The molecule has 2 nitrogen and oxygen atoms in total. The Labute approximate surface area is 127 Å². The number of rotatable bonds is 3. The van der Waals surface area contributed by atoms with Gasteiger partial charge in [-0.2, -0.15) is 0 Å². The summed E-state index contributed by atoms with van der Waals surface area (Å²) in [6.07, 6.45) is 1.15. The zero-order valence-corrected chi connectivity index (χ0v) is 13.2. The van der Waals surface area contributed by atoms with Gasteiger partial charge in [-0.25, -0.2) is 0 Å². The van der Waals surface area contributed by atoms with Crippen LogP contribution in [0.1, 0.15) is 30.0 Å². The van der Waals surface area contributed by atoms with Crippen LogP contribution in [0.15, 0.2) is 42.5 Å². The van der Waals surface area contributed by atoms with Gasteiger partial charge in [-0.1, -0.05) is 37.3 Å². The molecule has 0 saturated carbocycles. The average molecular weight is 280 g/mol. The molecule has 0 radical (unpaired) electrons. The van der Waals surface area contributed by atoms with E-state index < -0.39 is 0 Å². The maximum absolute atomic E-state index is 3.69. The third kappa shape index (κ3) is 2.90. The zero-order valence-electron chi connectivity index (χ0n) is 13.2. The Kier molecular flexibility index (Phi) is 3.87. The molecular formula is C19H24N2. The number of fused-ring (bicyclic) bond motifs is 1. The van der Waals surface area contributed by atoms with Gasteiger partial charge in [0.15, 0.2) is 0 Å². The highest BCUT2D eigenvalue weighted by molar-refractivity contribution is 5.74. The van der Waals surface area contributed by atoms with Crippen LogP contribution in [0.25, 0.3) is 0 Å². The molecule has 21 heavy (non-hydrogen) atoms. The molecule has 1 heterocycles. The molecule has 2 heteroatoms. The lowest BCUT2D eigenvalue weighted by Crippen LogP contribution is -2.40. The predicted molar refractivity (Wildman–Crippen MR) is 91.1 cm³/mol. The molecule has 0 bridgehead atoms. The third-order valence-corrected chi connectivity index (χ3v) is 4.46. The molecule has 0 aliphatic carbocycles. The summed E-state index contributed by atoms with van der Waals surface area (Å²) in [6, 6.07) is 15.9. The molecule has 2 aromatic rings. The minimum atomic E-state index is 0.531. The topological polar surface area (TPSA) is 15.3 Å². The maximum Gasteiger partial charge on any atom is 0.0608 e. The number of hydrogen-bond acceptors (Lipinski definition) is 2. The van der Waals surface area contributed by atoms with Crippen LogP contribution < -0.4 is 10.2 Å². The fourth-order valence-corrected chi connectivity index (χ4v) is 2.99. The Morgan fingerprint density at radius 3 is 2.52 bits per heavy atom. The van der Waals surface area contributed by atoms with Crippen LogP contribution >= 0.6 is 0 Å². The Bertz CT molecular complexity index is 619. The molecule has 0 fully saturated rings. The van der Waals surface area contributed by atoms with E-state index in [2.05, 4.69) is 73.5 Å². The number of nitrogens with zero attached hydrogens (tertiary/aromatic N) is 1. The summed E-state index contributed by atoms with van der Waals surface area (Å²) in [5.74, 6) is 0. The average Bonchev–Trinajstić information content (AvgIpc) is 2.50. The van der Waals surface area contributed by atoms with E-state index in [4.69, 9.17) is 0 Å². The van der Waals surface area contributed by atoms with Crippen molar-refractivity contribution < 1.29 is 0 Å². The normalized spacial score (nSPS) is 17.3. The van der Waals surface area contributed by atoms with Crippen LogP contribution in [0.5, 0.6) is 0 Å². The molecule has 110 valence electrons. The minimum Gasteiger partial charge on any atom is -0.379 e. The van der Waals surface area contributed by atoms with Crippen molar-refractivity contribution in [1.82, 2.24) is 0 Å². The van der Waals surface area contributed by atoms with Gasteiger partial charge in [-0.3, -0.25) is 0 Å². The van der Waals surface area contributed by atoms with Crippen molar-refractivity contribution in [3.05, 3.63) is 59.2 Å². The number of benzene rings is 2. The molecular weight excluding hydrogens is 256 g/mol. The molecule has 1 unspecified atom stereocenters. The standard InChI is InChI=1S/C19H24N2/c1-4-17-13-21(12-16-8-6-5-7-9-16)19-11-15(3)14(2)10-18(19)20-17/h5-11,17,20H,4,12-13H2,1-3H3. The number of anilines is 2. The summed E-state index contributed by atoms with van der Waals surface area (Å²) in [4.78, 5) is 2.52. The number of nitrogens with one attached hydrogen (secondary N) is 1. The van der Waals surface area contributed by atoms with Crippen molar-refractivity contribution in [3.63, 3.8) is 0 Å². The van der Waals surface area contributed by atoms with Gasteiger partial charge in [0.25, 0.3) is 0 Å². The minimum absolute atomic E-state index is 0.531. The molecule has 0 aromatic heterocycles. The van der Waals surface area contributed by atoms with E-state index in [1.165, 1.54) is 28.1 Å². The Morgan fingerprint density at radius 2 is 1.81 bits per heavy atom. The van der Waals surface area contributed by atoms with Crippen molar-refractivity contribution in [1.29, 1.82) is 0 Å². The quantitative estimate of drug-likeness (QED) is 0.889. The van der Waals surface area contributed by atoms with Crippen LogP contribution in [0.4, 0.5) is 11.4 Å². The fraction of sp³-hybridized carbons (Fsp3) is 0.368. The second-order valence-electron chi connectivity index (χ2n) is 6.07. The SMILES string of the molecule is CCC1CN(Cc2ccccc2)c2cc(C)c(C)cc2N1. The van der Waals surface area contributed by atoms with Gasteiger partial charge in [-0.15, -0.1) is 0 Å². The van der Waals surface area contributed by atoms with Crippen molar-refractivity contribution >= 4 is 11.4 Å². The highest BCUT2D eigenvalue weighted by atomic mass is 15.2. The van der Waals surface area contributed by atoms with Crippen LogP contribution in [0, 0.1) is 13.8 Å². The first-order chi connectivity index (χ1) is 10.2. The zero-order chi connectivity index (χ0) is 14.8. The van der Waals surface area contributed by atoms with Crippen LogP contribution in [0.2, 0.25) is 0 Å². The maximum atomic E-state index is 3.69. The molecule has 0 spiro atoms. The lowest BCUT2D eigenvalue weighted by atomic mass is 10.0. The largest absolute Gasteiger partial charge is 0.379 e. The van der Waals surface area contributed by atoms with Crippen molar-refractivity contribution in [3.8, 4) is 0 Å². The van der Waals surface area contributed by atoms with Gasteiger partial charge in [0.2, 0.25) is 0 Å². The van der Waals surface area contributed by atoms with Gasteiger partial charge in [-0.05, 0) is 49.1 Å². The molecule has 2 aromatic carbocycles. The van der Waals surface area contributed by atoms with E-state index in [0.29, 0.717) is 6.04 Å². The van der Waals surface area contributed by atoms with Crippen LogP contribution in [-0.2, 0) is 6.54 Å². The van der Waals surface area contributed by atoms with Crippen LogP contribution in [0.3, 0.4) is 0 Å². The Balaban J connectivity index is 1.95. The Morgan fingerprint density at radius 1 is 1.10 bits per heavy atom. The third-order valence-electron chi connectivity index (χ3n) is 4.46. The number of aryl methyl sites for hydroxylation is 2. The van der Waals surface area contributed by atoms with E-state index in [-0.39, 0.29) is 0 Å². The van der Waals surface area contributed by atoms with Gasteiger partial charge >= 0.3 is 0 Å². The van der Waals surface area contributed by atoms with Crippen molar-refractivity contribution in [2.24, 2.45) is 0 Å². The van der Waals surface area contributed by atoms with Gasteiger partial charge in [0.1, 0.15) is 0 Å². The summed E-state index contributed by atoms with van der Waals surface area (Å²) < 4.78 is 0. The fourth-order valence-electron chi connectivity index (χ4n) is 2.99. The highest BCUT2D eigenvalue weighted by Crippen LogP contribution is 2.34. The first-order valence-corrected chi connectivity index (χ1v) is 7.84. The monoisotopic (exact) mass is 280 g/mol. The number of hydrogen-bond donors (Lipinski definition) is 1. The van der Waals surface area contributed by atoms with Gasteiger partial charge in [0.05, 0.1) is 11.4 Å². The summed E-state index contributed by atoms with van der Waals surface area (Å²) in [7, 11) is 0. The van der Waals surface area contributed by atoms with E-state index in [1.54, 1.807) is 0 Å².